The van der Waals surface area contributed by atoms with Gasteiger partial charge in [-0.25, -0.2) is 10.2 Å². The Bertz CT molecular complexity index is 1620. The quantitative estimate of drug-likeness (QED) is 0.0826. The fourth-order valence-corrected chi connectivity index (χ4v) is 3.89. The molecule has 0 spiro atoms. The van der Waals surface area contributed by atoms with Crippen LogP contribution in [0.15, 0.2) is 114 Å². The van der Waals surface area contributed by atoms with Gasteiger partial charge in [-0.05, 0) is 78.7 Å². The van der Waals surface area contributed by atoms with Crippen molar-refractivity contribution < 1.29 is 23.9 Å². The molecule has 0 aromatic heterocycles. The van der Waals surface area contributed by atoms with Crippen LogP contribution in [0.2, 0.25) is 0 Å². The fraction of sp³-hybridized carbons (Fsp3) is 0.118. The molecule has 0 heterocycles. The highest BCUT2D eigenvalue weighted by atomic mass is 16.6. The molecule has 0 bridgehead atoms. The number of rotatable bonds is 11. The number of esters is 1. The largest absolute Gasteiger partial charge is 0.490 e. The molecule has 4 aromatic rings. The zero-order valence-corrected chi connectivity index (χ0v) is 24.1. The molecule has 0 aliphatic carbocycles. The van der Waals surface area contributed by atoms with E-state index in [2.05, 4.69) is 15.8 Å². The molecular weight excluding hydrogens is 544 g/mol. The van der Waals surface area contributed by atoms with Crippen LogP contribution in [0.1, 0.15) is 38.8 Å². The Balaban J connectivity index is 1.50. The van der Waals surface area contributed by atoms with Gasteiger partial charge in [0.2, 0.25) is 0 Å². The molecule has 0 saturated carbocycles. The summed E-state index contributed by atoms with van der Waals surface area (Å²) in [5.41, 5.74) is 5.60. The van der Waals surface area contributed by atoms with Crippen molar-refractivity contribution in [3.63, 3.8) is 0 Å². The van der Waals surface area contributed by atoms with Crippen LogP contribution < -0.4 is 25.1 Å². The van der Waals surface area contributed by atoms with Gasteiger partial charge < -0.3 is 19.7 Å². The number of benzene rings is 4. The Labute approximate surface area is 250 Å². The number of carbonyl (C=O) groups is 3. The third-order valence-electron chi connectivity index (χ3n) is 6.11. The molecule has 0 fully saturated rings. The molecule has 0 saturated heterocycles. The minimum atomic E-state index is -0.615. The summed E-state index contributed by atoms with van der Waals surface area (Å²) in [5.74, 6) is -0.957. The lowest BCUT2D eigenvalue weighted by Gasteiger charge is -2.13. The zero-order valence-electron chi connectivity index (χ0n) is 24.1. The summed E-state index contributed by atoms with van der Waals surface area (Å²) in [6.45, 7) is 2.16. The maximum atomic E-state index is 13.2. The van der Waals surface area contributed by atoms with E-state index in [1.54, 1.807) is 78.9 Å². The highest BCUT2D eigenvalue weighted by Crippen LogP contribution is 2.29. The van der Waals surface area contributed by atoms with Crippen LogP contribution in [0, 0.1) is 0 Å². The highest BCUT2D eigenvalue weighted by molar-refractivity contribution is 6.05. The van der Waals surface area contributed by atoms with Crippen molar-refractivity contribution in [1.29, 1.82) is 0 Å². The number of nitrogens with one attached hydrogen (secondary N) is 2. The van der Waals surface area contributed by atoms with Crippen LogP contribution in [0.25, 0.3) is 6.08 Å². The molecule has 0 radical (unpaired) electrons. The SMILES string of the molecule is CCOc1cc(/C=N\NC(=O)/C(=C/c2ccc(N(C)C)cc2)NC(=O)c2ccccc2)ccc1OC(=O)c1ccccc1. The first-order valence-corrected chi connectivity index (χ1v) is 13.6. The van der Waals surface area contributed by atoms with Crippen LogP contribution in [-0.2, 0) is 4.79 Å². The average molecular weight is 577 g/mol. The van der Waals surface area contributed by atoms with E-state index in [0.29, 0.717) is 29.0 Å². The monoisotopic (exact) mass is 576 g/mol. The highest BCUT2D eigenvalue weighted by Gasteiger charge is 2.15. The van der Waals surface area contributed by atoms with E-state index in [1.165, 1.54) is 6.21 Å². The number of hydrogen-bond acceptors (Lipinski definition) is 7. The molecule has 0 aliphatic heterocycles. The second-order valence-electron chi connectivity index (χ2n) is 9.46. The zero-order chi connectivity index (χ0) is 30.6. The van der Waals surface area contributed by atoms with Crippen molar-refractivity contribution in [2.45, 2.75) is 6.92 Å². The third-order valence-corrected chi connectivity index (χ3v) is 6.11. The first kappa shape index (κ1) is 30.3. The molecule has 4 aromatic carbocycles. The Kier molecular flexibility index (Phi) is 10.4. The van der Waals surface area contributed by atoms with Gasteiger partial charge in [-0.1, -0.05) is 48.5 Å². The number of carbonyl (C=O) groups excluding carboxylic acids is 3. The normalized spacial score (nSPS) is 11.1. The Morgan fingerprint density at radius 1 is 0.791 bits per heavy atom. The maximum absolute atomic E-state index is 13.2. The third kappa shape index (κ3) is 8.64. The van der Waals surface area contributed by atoms with Gasteiger partial charge in [-0.2, -0.15) is 5.10 Å². The average Bonchev–Trinajstić information content (AvgIpc) is 3.03. The molecule has 218 valence electrons. The predicted molar refractivity (Wildman–Crippen MR) is 167 cm³/mol. The summed E-state index contributed by atoms with van der Waals surface area (Å²) in [4.78, 5) is 40.5. The van der Waals surface area contributed by atoms with E-state index in [0.717, 1.165) is 11.3 Å². The summed E-state index contributed by atoms with van der Waals surface area (Å²) >= 11 is 0. The van der Waals surface area contributed by atoms with E-state index in [4.69, 9.17) is 9.47 Å². The standard InChI is InChI=1S/C34H32N4O5/c1-4-42-31-22-25(17-20-30(31)43-34(41)27-13-9-6-10-14-27)23-35-37-33(40)29(36-32(39)26-11-7-5-8-12-26)21-24-15-18-28(19-16-24)38(2)3/h5-23H,4H2,1-3H3,(H,36,39)(H,37,40)/b29-21-,35-23-. The predicted octanol–water partition coefficient (Wildman–Crippen LogP) is 5.29. The molecule has 43 heavy (non-hydrogen) atoms. The number of anilines is 1. The number of hydrazone groups is 1. The van der Waals surface area contributed by atoms with Crippen molar-refractivity contribution in [2.75, 3.05) is 25.6 Å². The Morgan fingerprint density at radius 3 is 2.05 bits per heavy atom. The van der Waals surface area contributed by atoms with Crippen LogP contribution in [0.3, 0.4) is 0 Å². The molecule has 0 aliphatic rings. The lowest BCUT2D eigenvalue weighted by atomic mass is 10.1. The first-order chi connectivity index (χ1) is 20.8. The summed E-state index contributed by atoms with van der Waals surface area (Å²) in [6, 6.07) is 29.7. The fourth-order valence-electron chi connectivity index (χ4n) is 3.89. The minimum absolute atomic E-state index is 0.0155. The van der Waals surface area contributed by atoms with Gasteiger partial charge in [0, 0.05) is 25.3 Å². The van der Waals surface area contributed by atoms with Gasteiger partial charge in [0.15, 0.2) is 11.5 Å². The van der Waals surface area contributed by atoms with Crippen LogP contribution >= 0.6 is 0 Å². The second kappa shape index (κ2) is 14.8. The van der Waals surface area contributed by atoms with Gasteiger partial charge >= 0.3 is 5.97 Å². The van der Waals surface area contributed by atoms with Crippen molar-refractivity contribution >= 4 is 35.8 Å². The van der Waals surface area contributed by atoms with Gasteiger partial charge in [0.25, 0.3) is 11.8 Å². The minimum Gasteiger partial charge on any atom is -0.490 e. The lowest BCUT2D eigenvalue weighted by Crippen LogP contribution is -2.32. The van der Waals surface area contributed by atoms with Crippen molar-refractivity contribution in [3.8, 4) is 11.5 Å². The molecule has 2 amide bonds. The van der Waals surface area contributed by atoms with Gasteiger partial charge in [-0.3, -0.25) is 9.59 Å². The van der Waals surface area contributed by atoms with Crippen LogP contribution in [-0.4, -0.2) is 44.7 Å². The summed E-state index contributed by atoms with van der Waals surface area (Å²) in [5, 5.41) is 6.76. The number of ether oxygens (including phenoxy) is 2. The number of nitrogens with zero attached hydrogens (tertiary/aromatic N) is 2. The smallest absolute Gasteiger partial charge is 0.343 e. The molecule has 0 atom stereocenters. The topological polar surface area (TPSA) is 109 Å². The molecule has 0 unspecified atom stereocenters. The van der Waals surface area contributed by atoms with E-state index in [9.17, 15) is 14.4 Å². The number of amides is 2. The molecule has 9 nitrogen and oxygen atoms in total. The maximum Gasteiger partial charge on any atom is 0.343 e. The molecule has 4 rings (SSSR count). The Morgan fingerprint density at radius 2 is 1.42 bits per heavy atom. The Hall–Kier alpha value is -5.70. The lowest BCUT2D eigenvalue weighted by molar-refractivity contribution is -0.117. The first-order valence-electron chi connectivity index (χ1n) is 13.6. The molecule has 9 heteroatoms. The molecule has 2 N–H and O–H groups in total. The van der Waals surface area contributed by atoms with E-state index in [-0.39, 0.29) is 11.4 Å². The summed E-state index contributed by atoms with van der Waals surface area (Å²) in [6.07, 6.45) is 3.00. The van der Waals surface area contributed by atoms with E-state index in [1.807, 2.05) is 56.3 Å². The van der Waals surface area contributed by atoms with Crippen molar-refractivity contribution in [1.82, 2.24) is 10.7 Å². The van der Waals surface area contributed by atoms with Crippen LogP contribution in [0.4, 0.5) is 5.69 Å². The van der Waals surface area contributed by atoms with Gasteiger partial charge in [0.05, 0.1) is 18.4 Å². The van der Waals surface area contributed by atoms with Crippen molar-refractivity contribution in [3.05, 3.63) is 131 Å². The van der Waals surface area contributed by atoms with Gasteiger partial charge in [-0.15, -0.1) is 0 Å². The molecular formula is C34H32N4O5. The van der Waals surface area contributed by atoms with E-state index >= 15 is 0 Å². The second-order valence-corrected chi connectivity index (χ2v) is 9.46. The van der Waals surface area contributed by atoms with Crippen molar-refractivity contribution in [2.24, 2.45) is 5.10 Å². The van der Waals surface area contributed by atoms with E-state index < -0.39 is 17.8 Å². The number of hydrogen-bond donors (Lipinski definition) is 2. The summed E-state index contributed by atoms with van der Waals surface area (Å²) < 4.78 is 11.2. The summed E-state index contributed by atoms with van der Waals surface area (Å²) in [7, 11) is 3.87. The van der Waals surface area contributed by atoms with Gasteiger partial charge in [0.1, 0.15) is 5.70 Å². The van der Waals surface area contributed by atoms with Crippen LogP contribution in [0.5, 0.6) is 11.5 Å².